The molecule has 0 saturated carbocycles. The number of nitrogens with one attached hydrogen (secondary N) is 2. The van der Waals surface area contributed by atoms with E-state index in [0.29, 0.717) is 6.61 Å². The van der Waals surface area contributed by atoms with Gasteiger partial charge in [0.2, 0.25) is 0 Å². The van der Waals surface area contributed by atoms with E-state index in [1.54, 1.807) is 12.5 Å². The lowest BCUT2D eigenvalue weighted by Crippen LogP contribution is -2.44. The number of likely N-dealkylation sites (N-methyl/N-ethyl adjacent to an activating group) is 1. The van der Waals surface area contributed by atoms with Gasteiger partial charge in [-0.05, 0) is 75.3 Å². The number of nitrogens with zero attached hydrogens (tertiary/aromatic N) is 4. The van der Waals surface area contributed by atoms with Gasteiger partial charge in [-0.25, -0.2) is 15.0 Å². The zero-order valence-corrected chi connectivity index (χ0v) is 20.9. The number of fused-ring (bicyclic) bond motifs is 2. The molecule has 5 aromatic rings. The summed E-state index contributed by atoms with van der Waals surface area (Å²) < 4.78 is 14.2. The monoisotopic (exact) mass is 482 g/mol. The normalized spacial score (nSPS) is 13.0. The van der Waals surface area contributed by atoms with Crippen LogP contribution in [0.25, 0.3) is 16.6 Å². The molecule has 0 radical (unpaired) electrons. The standard InChI is InChI=1S/C28H30N6O2/c1-5-28(3,29-4)17-35-21-7-8-24-23(15-21)27(32-18-31-24)33-20-6-9-25(19(2)14-20)36-22-10-12-34-13-11-30-26(34)16-22/h6-16,18,29H,5,17H2,1-4H3,(H,31,32,33). The second-order valence-corrected chi connectivity index (χ2v) is 9.12. The first-order valence-corrected chi connectivity index (χ1v) is 12.0. The summed E-state index contributed by atoms with van der Waals surface area (Å²) in [5, 5.41) is 7.66. The molecule has 5 rings (SSSR count). The van der Waals surface area contributed by atoms with Crippen molar-refractivity contribution in [3.8, 4) is 17.2 Å². The number of aromatic nitrogens is 4. The number of hydrogen-bond donors (Lipinski definition) is 2. The van der Waals surface area contributed by atoms with Crippen molar-refractivity contribution in [2.75, 3.05) is 19.0 Å². The van der Waals surface area contributed by atoms with Crippen LogP contribution >= 0.6 is 0 Å². The third-order valence-corrected chi connectivity index (χ3v) is 6.58. The molecule has 0 fully saturated rings. The summed E-state index contributed by atoms with van der Waals surface area (Å²) in [6, 6.07) is 15.7. The van der Waals surface area contributed by atoms with Gasteiger partial charge in [0.15, 0.2) is 0 Å². The van der Waals surface area contributed by atoms with Crippen molar-refractivity contribution in [2.45, 2.75) is 32.7 Å². The van der Waals surface area contributed by atoms with Gasteiger partial charge < -0.3 is 24.5 Å². The molecule has 8 nitrogen and oxygen atoms in total. The minimum Gasteiger partial charge on any atom is -0.492 e. The maximum atomic E-state index is 6.12. The largest absolute Gasteiger partial charge is 0.492 e. The van der Waals surface area contributed by atoms with Gasteiger partial charge in [-0.15, -0.1) is 0 Å². The Morgan fingerprint density at radius 1 is 0.972 bits per heavy atom. The fourth-order valence-corrected chi connectivity index (χ4v) is 3.88. The molecule has 36 heavy (non-hydrogen) atoms. The predicted octanol–water partition coefficient (Wildman–Crippen LogP) is 5.89. The second kappa shape index (κ2) is 9.83. The molecule has 0 saturated heterocycles. The number of imidazole rings is 1. The first-order valence-electron chi connectivity index (χ1n) is 12.0. The maximum absolute atomic E-state index is 6.12. The number of hydrogen-bond acceptors (Lipinski definition) is 7. The van der Waals surface area contributed by atoms with Gasteiger partial charge in [0.25, 0.3) is 0 Å². The van der Waals surface area contributed by atoms with Crippen LogP contribution in [0.15, 0.2) is 73.4 Å². The van der Waals surface area contributed by atoms with Crippen molar-refractivity contribution in [2.24, 2.45) is 0 Å². The maximum Gasteiger partial charge on any atom is 0.141 e. The number of aryl methyl sites for hydroxylation is 1. The summed E-state index contributed by atoms with van der Waals surface area (Å²) in [4.78, 5) is 13.2. The summed E-state index contributed by atoms with van der Waals surface area (Å²) in [5.74, 6) is 3.02. The average molecular weight is 483 g/mol. The number of anilines is 2. The molecule has 2 aromatic carbocycles. The predicted molar refractivity (Wildman–Crippen MR) is 143 cm³/mol. The Balaban J connectivity index is 1.35. The highest BCUT2D eigenvalue weighted by molar-refractivity contribution is 5.91. The van der Waals surface area contributed by atoms with E-state index in [9.17, 15) is 0 Å². The molecule has 3 heterocycles. The highest BCUT2D eigenvalue weighted by atomic mass is 16.5. The van der Waals surface area contributed by atoms with E-state index in [4.69, 9.17) is 9.47 Å². The van der Waals surface area contributed by atoms with E-state index in [-0.39, 0.29) is 5.54 Å². The molecule has 0 bridgehead atoms. The first kappa shape index (κ1) is 23.6. The number of rotatable bonds is 9. The number of ether oxygens (including phenoxy) is 2. The third-order valence-electron chi connectivity index (χ3n) is 6.58. The summed E-state index contributed by atoms with van der Waals surface area (Å²) in [7, 11) is 1.96. The van der Waals surface area contributed by atoms with Gasteiger partial charge in [0.05, 0.1) is 5.52 Å². The molecule has 0 spiro atoms. The van der Waals surface area contributed by atoms with Gasteiger partial charge in [0.1, 0.15) is 41.6 Å². The van der Waals surface area contributed by atoms with Crippen molar-refractivity contribution in [1.29, 1.82) is 0 Å². The highest BCUT2D eigenvalue weighted by Crippen LogP contribution is 2.31. The SMILES string of the molecule is CCC(C)(COc1ccc2ncnc(Nc3ccc(Oc4ccn5ccnc5c4)c(C)c3)c2c1)NC. The molecule has 0 aliphatic rings. The van der Waals surface area contributed by atoms with Crippen LogP contribution in [0.1, 0.15) is 25.8 Å². The Kier molecular flexibility index (Phi) is 6.43. The first-order chi connectivity index (χ1) is 17.5. The average Bonchev–Trinajstić information content (AvgIpc) is 3.37. The molecular weight excluding hydrogens is 452 g/mol. The summed E-state index contributed by atoms with van der Waals surface area (Å²) in [6.07, 6.45) is 8.13. The smallest absolute Gasteiger partial charge is 0.141 e. The van der Waals surface area contributed by atoms with Gasteiger partial charge in [-0.2, -0.15) is 0 Å². The van der Waals surface area contributed by atoms with E-state index in [1.165, 1.54) is 0 Å². The fourth-order valence-electron chi connectivity index (χ4n) is 3.88. The Hall–Kier alpha value is -4.17. The lowest BCUT2D eigenvalue weighted by atomic mass is 10.0. The van der Waals surface area contributed by atoms with Crippen LogP contribution in [-0.2, 0) is 0 Å². The lowest BCUT2D eigenvalue weighted by Gasteiger charge is -2.27. The topological polar surface area (TPSA) is 85.6 Å². The third kappa shape index (κ3) is 4.94. The molecule has 2 N–H and O–H groups in total. The van der Waals surface area contributed by atoms with Crippen LogP contribution in [-0.4, -0.2) is 38.5 Å². The molecule has 3 aromatic heterocycles. The molecule has 0 aliphatic heterocycles. The van der Waals surface area contributed by atoms with Crippen LogP contribution < -0.4 is 20.1 Å². The Morgan fingerprint density at radius 3 is 2.67 bits per heavy atom. The van der Waals surface area contributed by atoms with Gasteiger partial charge in [-0.3, -0.25) is 0 Å². The minimum atomic E-state index is -0.0884. The van der Waals surface area contributed by atoms with Gasteiger partial charge in [-0.1, -0.05) is 6.92 Å². The Bertz CT molecular complexity index is 1510. The zero-order valence-electron chi connectivity index (χ0n) is 20.9. The second-order valence-electron chi connectivity index (χ2n) is 9.12. The van der Waals surface area contributed by atoms with E-state index in [2.05, 4.69) is 39.4 Å². The molecule has 1 atom stereocenters. The van der Waals surface area contributed by atoms with E-state index in [1.807, 2.05) is 79.3 Å². The van der Waals surface area contributed by atoms with E-state index in [0.717, 1.165) is 57.3 Å². The molecule has 1 unspecified atom stereocenters. The molecule has 0 amide bonds. The van der Waals surface area contributed by atoms with Crippen LogP contribution in [0.4, 0.5) is 11.5 Å². The summed E-state index contributed by atoms with van der Waals surface area (Å²) in [6.45, 7) is 6.88. The van der Waals surface area contributed by atoms with Crippen molar-refractivity contribution in [3.63, 3.8) is 0 Å². The minimum absolute atomic E-state index is 0.0884. The van der Waals surface area contributed by atoms with Gasteiger partial charge in [0, 0.05) is 41.3 Å². The quantitative estimate of drug-likeness (QED) is 0.271. The van der Waals surface area contributed by atoms with Crippen LogP contribution in [0.5, 0.6) is 17.2 Å². The molecule has 184 valence electrons. The summed E-state index contributed by atoms with van der Waals surface area (Å²) >= 11 is 0. The number of pyridine rings is 1. The lowest BCUT2D eigenvalue weighted by molar-refractivity contribution is 0.198. The zero-order chi connectivity index (χ0) is 25.1. The van der Waals surface area contributed by atoms with Crippen LogP contribution in [0.2, 0.25) is 0 Å². The van der Waals surface area contributed by atoms with Crippen molar-refractivity contribution in [1.82, 2.24) is 24.7 Å². The Morgan fingerprint density at radius 2 is 1.86 bits per heavy atom. The molecule has 0 aliphatic carbocycles. The van der Waals surface area contributed by atoms with Crippen molar-refractivity contribution < 1.29 is 9.47 Å². The van der Waals surface area contributed by atoms with E-state index < -0.39 is 0 Å². The summed E-state index contributed by atoms with van der Waals surface area (Å²) in [5.41, 5.74) is 3.50. The van der Waals surface area contributed by atoms with Crippen molar-refractivity contribution in [3.05, 3.63) is 79.0 Å². The fraction of sp³-hybridized carbons (Fsp3) is 0.250. The molecular formula is C28H30N6O2. The van der Waals surface area contributed by atoms with E-state index >= 15 is 0 Å². The molecule has 8 heteroatoms. The highest BCUT2D eigenvalue weighted by Gasteiger charge is 2.20. The Labute approximate surface area is 210 Å². The number of benzene rings is 2. The van der Waals surface area contributed by atoms with Crippen LogP contribution in [0.3, 0.4) is 0 Å². The van der Waals surface area contributed by atoms with Crippen LogP contribution in [0, 0.1) is 6.92 Å². The van der Waals surface area contributed by atoms with Crippen molar-refractivity contribution >= 4 is 28.1 Å². The van der Waals surface area contributed by atoms with Gasteiger partial charge >= 0.3 is 0 Å².